The molecule has 4 heteroatoms. The second-order valence-corrected chi connectivity index (χ2v) is 26.3. The van der Waals surface area contributed by atoms with Crippen molar-refractivity contribution >= 4 is 0 Å². The molecule has 0 saturated heterocycles. The van der Waals surface area contributed by atoms with Gasteiger partial charge in [-0.1, -0.05) is 407 Å². The molecular formula is C81H132O4. The average Bonchev–Trinajstić information content (AvgIpc) is 0.775. The monoisotopic (exact) mass is 1170 g/mol. The summed E-state index contributed by atoms with van der Waals surface area (Å²) in [6, 6.07) is 42.3. The molecule has 85 heavy (non-hydrogen) atoms. The van der Waals surface area contributed by atoms with Gasteiger partial charge in [0.05, 0.1) is 12.2 Å². The smallest absolute Gasteiger partial charge is 0.148 e. The van der Waals surface area contributed by atoms with Gasteiger partial charge in [-0.3, -0.25) is 0 Å². The molecule has 0 aliphatic carbocycles. The van der Waals surface area contributed by atoms with E-state index < -0.39 is 22.2 Å². The van der Waals surface area contributed by atoms with Crippen LogP contribution in [-0.4, -0.2) is 29.0 Å². The Kier molecular flexibility index (Phi) is 41.4. The van der Waals surface area contributed by atoms with Gasteiger partial charge in [0.25, 0.3) is 0 Å². The first-order valence-electron chi connectivity index (χ1n) is 36.8. The molecule has 480 valence electrons. The fraction of sp³-hybridized carbons (Fsp3) is 0.704. The number of aliphatic hydroxyl groups is 2. The van der Waals surface area contributed by atoms with Gasteiger partial charge in [-0.15, -0.1) is 0 Å². The molecule has 0 aromatic heterocycles. The van der Waals surface area contributed by atoms with E-state index in [1.165, 1.54) is 225 Å². The molecule has 0 aliphatic heterocycles. The first-order chi connectivity index (χ1) is 41.9. The van der Waals surface area contributed by atoms with Gasteiger partial charge in [-0.05, 0) is 60.9 Å². The lowest BCUT2D eigenvalue weighted by Crippen LogP contribution is -2.74. The molecule has 4 nitrogen and oxygen atoms in total. The summed E-state index contributed by atoms with van der Waals surface area (Å²) in [6.45, 7) is 9.45. The van der Waals surface area contributed by atoms with E-state index >= 15 is 5.11 Å². The predicted molar refractivity (Wildman–Crippen MR) is 369 cm³/mol. The van der Waals surface area contributed by atoms with E-state index in [0.29, 0.717) is 25.9 Å². The standard InChI is InChI=1S/C81H132O4/c1-5-9-13-17-21-25-29-33-37-41-57-69-78(70-58-42-38-34-30-26-22-18-14-10-6-2,84-72-60-44-40-36-32-28-24-20-16-12-8-4)80(73-82,81(83,75-63-51-46-52-64-75)76-65-53-47-54-66-76)79(74-61-49-45-50-62-74,85-77-67-55-48-56-68-77)71-59-43-39-35-31-27-23-19-15-11-7-3/h45-56,61-68,82-83H,5-44,57-60,69-73H2,1-4H3. The van der Waals surface area contributed by atoms with E-state index in [1.807, 2.05) is 0 Å². The van der Waals surface area contributed by atoms with Gasteiger partial charge >= 0.3 is 0 Å². The Morgan fingerprint density at radius 3 is 0.859 bits per heavy atom. The Balaban J connectivity index is 1.96. The molecular weight excluding hydrogens is 1040 g/mol. The number of unbranched alkanes of at least 4 members (excludes halogenated alkanes) is 40. The minimum absolute atomic E-state index is 0.346. The van der Waals surface area contributed by atoms with Gasteiger partial charge in [0.2, 0.25) is 0 Å². The zero-order valence-corrected chi connectivity index (χ0v) is 55.9. The topological polar surface area (TPSA) is 58.9 Å². The van der Waals surface area contributed by atoms with Crippen molar-refractivity contribution in [1.29, 1.82) is 0 Å². The van der Waals surface area contributed by atoms with Crippen LogP contribution in [-0.2, 0) is 15.9 Å². The molecule has 0 amide bonds. The van der Waals surface area contributed by atoms with E-state index in [9.17, 15) is 5.11 Å². The van der Waals surface area contributed by atoms with Gasteiger partial charge in [-0.25, -0.2) is 0 Å². The SMILES string of the molecule is CCCCCCCCCCCCCOC(CCCCCCCCCCCCC)(CCCCCCCCCCCCC)C(CO)(C(CCCCCCCCCCCCC)(Oc1ccccc1)c1ccccc1)C(O)(c1ccccc1)c1ccccc1. The van der Waals surface area contributed by atoms with E-state index in [1.54, 1.807) is 0 Å². The summed E-state index contributed by atoms with van der Waals surface area (Å²) in [4.78, 5) is 0. The van der Waals surface area contributed by atoms with Crippen LogP contribution in [0.1, 0.15) is 346 Å². The Morgan fingerprint density at radius 1 is 0.294 bits per heavy atom. The molecule has 4 aromatic carbocycles. The lowest BCUT2D eigenvalue weighted by molar-refractivity contribution is -0.302. The zero-order valence-electron chi connectivity index (χ0n) is 55.9. The van der Waals surface area contributed by atoms with E-state index in [-0.39, 0.29) is 6.61 Å². The summed E-state index contributed by atoms with van der Waals surface area (Å²) in [7, 11) is 0. The summed E-state index contributed by atoms with van der Waals surface area (Å²) in [5.41, 5.74) is -3.07. The average molecular weight is 1170 g/mol. The minimum Gasteiger partial charge on any atom is -0.482 e. The van der Waals surface area contributed by atoms with Crippen LogP contribution in [0.2, 0.25) is 0 Å². The van der Waals surface area contributed by atoms with Crippen molar-refractivity contribution < 1.29 is 19.7 Å². The summed E-state index contributed by atoms with van der Waals surface area (Å²) < 4.78 is 16.4. The van der Waals surface area contributed by atoms with Crippen LogP contribution < -0.4 is 4.74 Å². The van der Waals surface area contributed by atoms with E-state index in [0.717, 1.165) is 80.2 Å². The normalized spacial score (nSPS) is 13.5. The number of benzene rings is 4. The Hall–Kier alpha value is -3.44. The van der Waals surface area contributed by atoms with Crippen LogP contribution in [0.25, 0.3) is 0 Å². The zero-order chi connectivity index (χ0) is 60.5. The molecule has 0 saturated carbocycles. The lowest BCUT2D eigenvalue weighted by atomic mass is 9.46. The summed E-state index contributed by atoms with van der Waals surface area (Å²) in [6.07, 6.45) is 57.0. The third-order valence-electron chi connectivity index (χ3n) is 19.6. The number of aliphatic hydroxyl groups excluding tert-OH is 1. The van der Waals surface area contributed by atoms with Crippen molar-refractivity contribution in [2.75, 3.05) is 13.2 Å². The van der Waals surface area contributed by atoms with E-state index in [2.05, 4.69) is 149 Å². The molecule has 2 unspecified atom stereocenters. The Morgan fingerprint density at radius 2 is 0.553 bits per heavy atom. The van der Waals surface area contributed by atoms with Crippen molar-refractivity contribution in [3.63, 3.8) is 0 Å². The van der Waals surface area contributed by atoms with Gasteiger partial charge in [0.1, 0.15) is 22.4 Å². The third kappa shape index (κ3) is 25.9. The number of rotatable bonds is 58. The minimum atomic E-state index is -1.79. The van der Waals surface area contributed by atoms with Crippen LogP contribution in [0.15, 0.2) is 121 Å². The van der Waals surface area contributed by atoms with Gasteiger partial charge in [0.15, 0.2) is 0 Å². The number of ether oxygens (including phenoxy) is 2. The fourth-order valence-corrected chi connectivity index (χ4v) is 14.6. The van der Waals surface area contributed by atoms with Crippen molar-refractivity contribution in [2.24, 2.45) is 5.41 Å². The Bertz CT molecular complexity index is 2010. The van der Waals surface area contributed by atoms with Crippen LogP contribution in [0, 0.1) is 5.41 Å². The highest BCUT2D eigenvalue weighted by Gasteiger charge is 2.74. The fourth-order valence-electron chi connectivity index (χ4n) is 14.6. The van der Waals surface area contributed by atoms with Gasteiger partial charge < -0.3 is 19.7 Å². The first kappa shape index (κ1) is 74.0. The number of hydrogen-bond donors (Lipinski definition) is 2. The number of hydrogen-bond acceptors (Lipinski definition) is 4. The van der Waals surface area contributed by atoms with Crippen molar-refractivity contribution in [1.82, 2.24) is 0 Å². The maximum atomic E-state index is 15.5. The molecule has 4 rings (SSSR count). The third-order valence-corrected chi connectivity index (χ3v) is 19.6. The van der Waals surface area contributed by atoms with Gasteiger partial charge in [0, 0.05) is 6.61 Å². The second-order valence-electron chi connectivity index (χ2n) is 26.3. The predicted octanol–water partition coefficient (Wildman–Crippen LogP) is 25.0. The largest absolute Gasteiger partial charge is 0.482 e. The van der Waals surface area contributed by atoms with Crippen molar-refractivity contribution in [3.05, 3.63) is 138 Å². The second kappa shape index (κ2) is 47.5. The Labute approximate surface area is 525 Å². The molecule has 0 aliphatic rings. The van der Waals surface area contributed by atoms with E-state index in [4.69, 9.17) is 9.47 Å². The van der Waals surface area contributed by atoms with Crippen molar-refractivity contribution in [2.45, 2.75) is 346 Å². The molecule has 0 spiro atoms. The van der Waals surface area contributed by atoms with Crippen LogP contribution in [0.4, 0.5) is 0 Å². The quantitative estimate of drug-likeness (QED) is 0.0433. The molecule has 2 N–H and O–H groups in total. The maximum Gasteiger partial charge on any atom is 0.148 e. The molecule has 0 fully saturated rings. The number of para-hydroxylation sites is 1. The molecule has 0 bridgehead atoms. The summed E-state index contributed by atoms with van der Waals surface area (Å²) in [5.74, 6) is 0.749. The first-order valence-corrected chi connectivity index (χ1v) is 36.8. The summed E-state index contributed by atoms with van der Waals surface area (Å²) >= 11 is 0. The molecule has 2 atom stereocenters. The highest BCUT2D eigenvalue weighted by molar-refractivity contribution is 5.46. The van der Waals surface area contributed by atoms with Crippen molar-refractivity contribution in [3.8, 4) is 5.75 Å². The summed E-state index contributed by atoms with van der Waals surface area (Å²) in [5, 5.41) is 29.3. The highest BCUT2D eigenvalue weighted by atomic mass is 16.5. The van der Waals surface area contributed by atoms with Gasteiger partial charge in [-0.2, -0.15) is 0 Å². The molecule has 0 heterocycles. The molecule has 4 aromatic rings. The maximum absolute atomic E-state index is 15.5. The van der Waals surface area contributed by atoms with Crippen LogP contribution in [0.5, 0.6) is 5.75 Å². The lowest BCUT2D eigenvalue weighted by Gasteiger charge is -2.65. The van der Waals surface area contributed by atoms with Crippen LogP contribution in [0.3, 0.4) is 0 Å². The van der Waals surface area contributed by atoms with Crippen LogP contribution >= 0.6 is 0 Å². The highest BCUT2D eigenvalue weighted by Crippen LogP contribution is 2.66. The molecule has 0 radical (unpaired) electrons.